The largest absolute Gasteiger partial charge is 0.370 e. The second kappa shape index (κ2) is 6.26. The zero-order valence-corrected chi connectivity index (χ0v) is 12.6. The zero-order valence-electron chi connectivity index (χ0n) is 10.2. The summed E-state index contributed by atoms with van der Waals surface area (Å²) in [5.74, 6) is 0. The molecule has 0 atom stereocenters. The van der Waals surface area contributed by atoms with Crippen molar-refractivity contribution in [2.75, 3.05) is 11.9 Å². The number of halogens is 2. The van der Waals surface area contributed by atoms with E-state index in [0.717, 1.165) is 16.9 Å². The lowest BCUT2D eigenvalue weighted by Gasteiger charge is -2.22. The van der Waals surface area contributed by atoms with Crippen LogP contribution in [0.1, 0.15) is 11.1 Å². The summed E-state index contributed by atoms with van der Waals surface area (Å²) < 4.78 is 0. The average Bonchev–Trinajstić information content (AvgIpc) is 2.39. The summed E-state index contributed by atoms with van der Waals surface area (Å²) in [4.78, 5) is 2.24. The van der Waals surface area contributed by atoms with E-state index in [1.54, 1.807) is 0 Å². The van der Waals surface area contributed by atoms with Crippen LogP contribution in [0.15, 0.2) is 48.5 Å². The van der Waals surface area contributed by atoms with Gasteiger partial charge in [-0.3, -0.25) is 0 Å². The number of hydrogen-bond donors (Lipinski definition) is 0. The molecule has 0 fully saturated rings. The molecular formula is C15H15BrClN. The molecule has 2 aromatic carbocycles. The van der Waals surface area contributed by atoms with Crippen LogP contribution < -0.4 is 4.90 Å². The van der Waals surface area contributed by atoms with Crippen molar-refractivity contribution >= 4 is 33.2 Å². The molecule has 0 radical (unpaired) electrons. The number of alkyl halides is 1. The van der Waals surface area contributed by atoms with E-state index in [2.05, 4.69) is 58.2 Å². The molecule has 0 unspecified atom stereocenters. The van der Waals surface area contributed by atoms with Gasteiger partial charge in [0.2, 0.25) is 0 Å². The molecule has 94 valence electrons. The molecule has 0 spiro atoms. The maximum atomic E-state index is 6.02. The maximum Gasteiger partial charge on any atom is 0.0426 e. The van der Waals surface area contributed by atoms with Crippen molar-refractivity contribution in [1.29, 1.82) is 0 Å². The molecule has 2 rings (SSSR count). The summed E-state index contributed by atoms with van der Waals surface area (Å²) in [6.45, 7) is 0.891. The highest BCUT2D eigenvalue weighted by Crippen LogP contribution is 2.26. The molecule has 3 heteroatoms. The number of anilines is 1. The molecule has 18 heavy (non-hydrogen) atoms. The normalized spacial score (nSPS) is 10.4. The first kappa shape index (κ1) is 13.4. The Morgan fingerprint density at radius 3 is 2.50 bits per heavy atom. The van der Waals surface area contributed by atoms with E-state index in [4.69, 9.17) is 11.6 Å². The lowest BCUT2D eigenvalue weighted by Crippen LogP contribution is -2.17. The van der Waals surface area contributed by atoms with E-state index in [9.17, 15) is 0 Å². The van der Waals surface area contributed by atoms with Crippen LogP contribution in [-0.4, -0.2) is 7.05 Å². The van der Waals surface area contributed by atoms with Gasteiger partial charge in [0.05, 0.1) is 0 Å². The van der Waals surface area contributed by atoms with E-state index in [-0.39, 0.29) is 0 Å². The SMILES string of the molecule is CN(Cc1ccccc1)c1ccc(Cl)cc1CBr. The van der Waals surface area contributed by atoms with Crippen molar-refractivity contribution in [2.24, 2.45) is 0 Å². The molecule has 0 aromatic heterocycles. The van der Waals surface area contributed by atoms with Gasteiger partial charge in [-0.2, -0.15) is 0 Å². The topological polar surface area (TPSA) is 3.24 Å². The fourth-order valence-electron chi connectivity index (χ4n) is 1.98. The van der Waals surface area contributed by atoms with Crippen molar-refractivity contribution in [3.63, 3.8) is 0 Å². The molecule has 0 amide bonds. The van der Waals surface area contributed by atoms with Gasteiger partial charge in [-0.05, 0) is 29.3 Å². The van der Waals surface area contributed by atoms with Crippen LogP contribution in [0, 0.1) is 0 Å². The van der Waals surface area contributed by atoms with Gasteiger partial charge in [0.25, 0.3) is 0 Å². The molecule has 2 aromatic rings. The van der Waals surface area contributed by atoms with E-state index in [0.29, 0.717) is 0 Å². The van der Waals surface area contributed by atoms with Gasteiger partial charge in [0, 0.05) is 29.6 Å². The summed E-state index contributed by atoms with van der Waals surface area (Å²) in [7, 11) is 2.10. The van der Waals surface area contributed by atoms with Gasteiger partial charge in [-0.25, -0.2) is 0 Å². The van der Waals surface area contributed by atoms with E-state index in [1.807, 2.05) is 18.2 Å². The maximum absolute atomic E-state index is 6.02. The zero-order chi connectivity index (χ0) is 13.0. The van der Waals surface area contributed by atoms with E-state index in [1.165, 1.54) is 16.8 Å². The van der Waals surface area contributed by atoms with Crippen molar-refractivity contribution < 1.29 is 0 Å². The predicted octanol–water partition coefficient (Wildman–Crippen LogP) is 4.87. The van der Waals surface area contributed by atoms with Gasteiger partial charge < -0.3 is 4.90 Å². The highest BCUT2D eigenvalue weighted by Gasteiger charge is 2.07. The first-order valence-corrected chi connectivity index (χ1v) is 7.30. The molecule has 0 aliphatic heterocycles. The second-order valence-electron chi connectivity index (χ2n) is 4.25. The van der Waals surface area contributed by atoms with Crippen LogP contribution in [0.2, 0.25) is 5.02 Å². The van der Waals surface area contributed by atoms with Gasteiger partial charge >= 0.3 is 0 Å². The van der Waals surface area contributed by atoms with Crippen LogP contribution in [0.4, 0.5) is 5.69 Å². The molecule has 1 nitrogen and oxygen atoms in total. The standard InChI is InChI=1S/C15H15BrClN/c1-18(11-12-5-3-2-4-6-12)15-8-7-14(17)9-13(15)10-16/h2-9H,10-11H2,1H3. The predicted molar refractivity (Wildman–Crippen MR) is 82.6 cm³/mol. The number of nitrogens with zero attached hydrogens (tertiary/aromatic N) is 1. The highest BCUT2D eigenvalue weighted by atomic mass is 79.9. The summed E-state index contributed by atoms with van der Waals surface area (Å²) in [5.41, 5.74) is 3.72. The lowest BCUT2D eigenvalue weighted by molar-refractivity contribution is 0.917. The summed E-state index contributed by atoms with van der Waals surface area (Å²) in [6.07, 6.45) is 0. The lowest BCUT2D eigenvalue weighted by atomic mass is 10.1. The van der Waals surface area contributed by atoms with Crippen molar-refractivity contribution in [1.82, 2.24) is 0 Å². The molecule has 0 aliphatic carbocycles. The Balaban J connectivity index is 2.21. The molecule has 0 saturated carbocycles. The van der Waals surface area contributed by atoms with E-state index >= 15 is 0 Å². The Labute approximate surface area is 122 Å². The van der Waals surface area contributed by atoms with Gasteiger partial charge in [0.15, 0.2) is 0 Å². The van der Waals surface area contributed by atoms with Crippen LogP contribution >= 0.6 is 27.5 Å². The quantitative estimate of drug-likeness (QED) is 0.725. The first-order valence-electron chi connectivity index (χ1n) is 5.80. The Hall–Kier alpha value is -0.990. The first-order chi connectivity index (χ1) is 8.70. The van der Waals surface area contributed by atoms with Crippen molar-refractivity contribution in [2.45, 2.75) is 11.9 Å². The smallest absolute Gasteiger partial charge is 0.0426 e. The van der Waals surface area contributed by atoms with Crippen molar-refractivity contribution in [3.8, 4) is 0 Å². The summed E-state index contributed by atoms with van der Waals surface area (Å²) in [6, 6.07) is 16.5. The van der Waals surface area contributed by atoms with Gasteiger partial charge in [0.1, 0.15) is 0 Å². The summed E-state index contributed by atoms with van der Waals surface area (Å²) >= 11 is 9.53. The Kier molecular flexibility index (Phi) is 4.67. The number of hydrogen-bond acceptors (Lipinski definition) is 1. The molecule has 0 N–H and O–H groups in total. The van der Waals surface area contributed by atoms with Crippen LogP contribution in [0.5, 0.6) is 0 Å². The summed E-state index contributed by atoms with van der Waals surface area (Å²) in [5, 5.41) is 1.59. The fraction of sp³-hybridized carbons (Fsp3) is 0.200. The minimum atomic E-state index is 0.779. The third-order valence-electron chi connectivity index (χ3n) is 2.86. The van der Waals surface area contributed by atoms with Crippen LogP contribution in [0.25, 0.3) is 0 Å². The second-order valence-corrected chi connectivity index (χ2v) is 5.25. The van der Waals surface area contributed by atoms with Gasteiger partial charge in [-0.1, -0.05) is 57.9 Å². The third-order valence-corrected chi connectivity index (χ3v) is 3.70. The van der Waals surface area contributed by atoms with Crippen molar-refractivity contribution in [3.05, 3.63) is 64.7 Å². The Bertz CT molecular complexity index is 513. The highest BCUT2D eigenvalue weighted by molar-refractivity contribution is 9.08. The molecular weight excluding hydrogens is 310 g/mol. The monoisotopic (exact) mass is 323 g/mol. The number of rotatable bonds is 4. The molecule has 0 aliphatic rings. The molecule has 0 saturated heterocycles. The minimum absolute atomic E-state index is 0.779. The fourth-order valence-corrected chi connectivity index (χ4v) is 2.62. The van der Waals surface area contributed by atoms with E-state index < -0.39 is 0 Å². The number of benzene rings is 2. The van der Waals surface area contributed by atoms with Crippen LogP contribution in [-0.2, 0) is 11.9 Å². The third kappa shape index (κ3) is 3.27. The minimum Gasteiger partial charge on any atom is -0.370 e. The molecule has 0 bridgehead atoms. The molecule has 0 heterocycles. The Morgan fingerprint density at radius 1 is 1.11 bits per heavy atom. The average molecular weight is 325 g/mol. The van der Waals surface area contributed by atoms with Crippen LogP contribution in [0.3, 0.4) is 0 Å². The van der Waals surface area contributed by atoms with Gasteiger partial charge in [-0.15, -0.1) is 0 Å². The Morgan fingerprint density at radius 2 is 1.83 bits per heavy atom.